The first kappa shape index (κ1) is 11.4. The van der Waals surface area contributed by atoms with Crippen molar-refractivity contribution >= 4 is 40.0 Å². The van der Waals surface area contributed by atoms with Crippen molar-refractivity contribution in [2.24, 2.45) is 0 Å². The van der Waals surface area contributed by atoms with Crippen LogP contribution in [0.15, 0.2) is 12.1 Å². The topological polar surface area (TPSA) is 46.2 Å². The molecular weight excluding hydrogens is 338 g/mol. The SMILES string of the molecule is O=C1Nc2cc(I)cc(C(F)(F)F)c2C1=O. The van der Waals surface area contributed by atoms with Gasteiger partial charge in [0.1, 0.15) is 0 Å². The maximum absolute atomic E-state index is 12.6. The first-order valence-electron chi connectivity index (χ1n) is 4.07. The molecule has 0 atom stereocenters. The van der Waals surface area contributed by atoms with Gasteiger partial charge in [-0.3, -0.25) is 9.59 Å². The van der Waals surface area contributed by atoms with Gasteiger partial charge in [-0.1, -0.05) is 0 Å². The minimum Gasteiger partial charge on any atom is -0.318 e. The quantitative estimate of drug-likeness (QED) is 0.582. The number of anilines is 1. The standard InChI is InChI=1S/C9H3F3INO2/c10-9(11,12)4-1-3(13)2-5-6(4)7(15)8(16)14-5/h1-2H,(H,14,15,16). The lowest BCUT2D eigenvalue weighted by Crippen LogP contribution is -2.16. The van der Waals surface area contributed by atoms with Gasteiger partial charge in [0.2, 0.25) is 0 Å². The second-order valence-corrected chi connectivity index (χ2v) is 4.40. The molecule has 1 aliphatic heterocycles. The molecular formula is C9H3F3INO2. The van der Waals surface area contributed by atoms with Gasteiger partial charge in [0, 0.05) is 3.57 Å². The highest BCUT2D eigenvalue weighted by atomic mass is 127. The van der Waals surface area contributed by atoms with E-state index in [-0.39, 0.29) is 5.69 Å². The molecule has 1 aromatic carbocycles. The minimum atomic E-state index is -4.65. The van der Waals surface area contributed by atoms with Gasteiger partial charge in [0.15, 0.2) is 0 Å². The highest BCUT2D eigenvalue weighted by molar-refractivity contribution is 14.1. The monoisotopic (exact) mass is 341 g/mol. The Morgan fingerprint density at radius 3 is 2.38 bits per heavy atom. The molecule has 0 radical (unpaired) electrons. The largest absolute Gasteiger partial charge is 0.417 e. The van der Waals surface area contributed by atoms with Gasteiger partial charge in [-0.2, -0.15) is 13.2 Å². The van der Waals surface area contributed by atoms with Crippen LogP contribution in [0.1, 0.15) is 15.9 Å². The van der Waals surface area contributed by atoms with E-state index in [0.29, 0.717) is 3.57 Å². The number of amides is 1. The number of rotatable bonds is 0. The van der Waals surface area contributed by atoms with Crippen LogP contribution in [0.4, 0.5) is 18.9 Å². The molecule has 2 rings (SSSR count). The number of ketones is 1. The third kappa shape index (κ3) is 1.68. The van der Waals surface area contributed by atoms with E-state index in [1.165, 1.54) is 6.07 Å². The Hall–Kier alpha value is -1.12. The zero-order valence-corrected chi connectivity index (χ0v) is 9.64. The molecule has 0 unspecified atom stereocenters. The lowest BCUT2D eigenvalue weighted by molar-refractivity contribution is -0.137. The predicted molar refractivity (Wildman–Crippen MR) is 57.1 cm³/mol. The van der Waals surface area contributed by atoms with Crippen molar-refractivity contribution in [2.75, 3.05) is 5.32 Å². The summed E-state index contributed by atoms with van der Waals surface area (Å²) < 4.78 is 38.2. The molecule has 0 spiro atoms. The summed E-state index contributed by atoms with van der Waals surface area (Å²) >= 11 is 1.69. The maximum Gasteiger partial charge on any atom is 0.417 e. The first-order chi connectivity index (χ1) is 7.30. The number of carbonyl (C=O) groups is 2. The van der Waals surface area contributed by atoms with E-state index in [2.05, 4.69) is 5.32 Å². The van der Waals surface area contributed by atoms with Gasteiger partial charge in [-0.05, 0) is 34.7 Å². The van der Waals surface area contributed by atoms with E-state index in [9.17, 15) is 22.8 Å². The van der Waals surface area contributed by atoms with Crippen LogP contribution in [-0.2, 0) is 11.0 Å². The van der Waals surface area contributed by atoms with Crippen molar-refractivity contribution < 1.29 is 22.8 Å². The van der Waals surface area contributed by atoms with E-state index in [0.717, 1.165) is 6.07 Å². The van der Waals surface area contributed by atoms with Crippen molar-refractivity contribution in [3.8, 4) is 0 Å². The second kappa shape index (κ2) is 3.44. The number of carbonyl (C=O) groups excluding carboxylic acids is 2. The van der Waals surface area contributed by atoms with E-state index in [4.69, 9.17) is 0 Å². The average molecular weight is 341 g/mol. The molecule has 0 saturated carbocycles. The van der Waals surface area contributed by atoms with Gasteiger partial charge < -0.3 is 5.32 Å². The fraction of sp³-hybridized carbons (Fsp3) is 0.111. The first-order valence-corrected chi connectivity index (χ1v) is 5.15. The predicted octanol–water partition coefficient (Wildman–Crippen LogP) is 2.44. The van der Waals surface area contributed by atoms with Crippen LogP contribution in [0.5, 0.6) is 0 Å². The number of nitrogens with one attached hydrogen (secondary N) is 1. The fourth-order valence-electron chi connectivity index (χ4n) is 1.47. The molecule has 1 N–H and O–H groups in total. The Morgan fingerprint density at radius 2 is 1.81 bits per heavy atom. The number of hydrogen-bond donors (Lipinski definition) is 1. The fourth-order valence-corrected chi connectivity index (χ4v) is 2.09. The smallest absolute Gasteiger partial charge is 0.318 e. The highest BCUT2D eigenvalue weighted by Crippen LogP contribution is 2.38. The normalized spacial score (nSPS) is 15.0. The molecule has 1 aromatic rings. The molecule has 16 heavy (non-hydrogen) atoms. The number of hydrogen-bond acceptors (Lipinski definition) is 2. The van der Waals surface area contributed by atoms with Gasteiger partial charge in [-0.15, -0.1) is 0 Å². The van der Waals surface area contributed by atoms with Crippen molar-refractivity contribution in [1.29, 1.82) is 0 Å². The van der Waals surface area contributed by atoms with Crippen molar-refractivity contribution in [1.82, 2.24) is 0 Å². The van der Waals surface area contributed by atoms with E-state index in [1.54, 1.807) is 22.6 Å². The Morgan fingerprint density at radius 1 is 1.19 bits per heavy atom. The van der Waals surface area contributed by atoms with Gasteiger partial charge in [-0.25, -0.2) is 0 Å². The molecule has 0 aliphatic carbocycles. The lowest BCUT2D eigenvalue weighted by atomic mass is 10.0. The minimum absolute atomic E-state index is 0.0748. The number of alkyl halides is 3. The molecule has 7 heteroatoms. The summed E-state index contributed by atoms with van der Waals surface area (Å²) in [5.41, 5.74) is -1.73. The average Bonchev–Trinajstić information content (AvgIpc) is 2.39. The van der Waals surface area contributed by atoms with Crippen LogP contribution in [0, 0.1) is 3.57 Å². The molecule has 1 heterocycles. The van der Waals surface area contributed by atoms with Crippen LogP contribution in [0.2, 0.25) is 0 Å². The molecule has 0 aromatic heterocycles. The molecule has 0 saturated heterocycles. The van der Waals surface area contributed by atoms with Crippen LogP contribution < -0.4 is 5.32 Å². The Bertz CT molecular complexity index is 510. The number of fused-ring (bicyclic) bond motifs is 1. The molecule has 1 amide bonds. The van der Waals surface area contributed by atoms with Crippen LogP contribution in [-0.4, -0.2) is 11.7 Å². The van der Waals surface area contributed by atoms with Crippen LogP contribution >= 0.6 is 22.6 Å². The highest BCUT2D eigenvalue weighted by Gasteiger charge is 2.41. The Kier molecular flexibility index (Phi) is 2.44. The third-order valence-electron chi connectivity index (χ3n) is 2.09. The molecule has 0 bridgehead atoms. The van der Waals surface area contributed by atoms with E-state index >= 15 is 0 Å². The van der Waals surface area contributed by atoms with Gasteiger partial charge >= 0.3 is 6.18 Å². The van der Waals surface area contributed by atoms with Crippen molar-refractivity contribution in [3.63, 3.8) is 0 Å². The van der Waals surface area contributed by atoms with Crippen molar-refractivity contribution in [3.05, 3.63) is 26.8 Å². The molecule has 0 fully saturated rings. The Balaban J connectivity index is 2.73. The maximum atomic E-state index is 12.6. The van der Waals surface area contributed by atoms with Crippen LogP contribution in [0.3, 0.4) is 0 Å². The summed E-state index contributed by atoms with van der Waals surface area (Å²) in [5.74, 6) is -2.17. The molecule has 3 nitrogen and oxygen atoms in total. The van der Waals surface area contributed by atoms with Gasteiger partial charge in [0.25, 0.3) is 11.7 Å². The summed E-state index contributed by atoms with van der Waals surface area (Å²) in [7, 11) is 0. The van der Waals surface area contributed by atoms with E-state index in [1.807, 2.05) is 0 Å². The van der Waals surface area contributed by atoms with E-state index < -0.39 is 29.0 Å². The zero-order chi connectivity index (χ0) is 12.1. The Labute approximate surface area is 101 Å². The molecule has 1 aliphatic rings. The summed E-state index contributed by atoms with van der Waals surface area (Å²) in [6.45, 7) is 0. The number of halogens is 4. The summed E-state index contributed by atoms with van der Waals surface area (Å²) in [5, 5.41) is 2.11. The second-order valence-electron chi connectivity index (χ2n) is 3.16. The van der Waals surface area contributed by atoms with Gasteiger partial charge in [0.05, 0.1) is 16.8 Å². The third-order valence-corrected chi connectivity index (χ3v) is 2.71. The number of benzene rings is 1. The lowest BCUT2D eigenvalue weighted by Gasteiger charge is -2.10. The van der Waals surface area contributed by atoms with Crippen molar-refractivity contribution in [2.45, 2.75) is 6.18 Å². The zero-order valence-electron chi connectivity index (χ0n) is 7.48. The summed E-state index contributed by atoms with van der Waals surface area (Å²) in [6.07, 6.45) is -4.65. The summed E-state index contributed by atoms with van der Waals surface area (Å²) in [4.78, 5) is 22.3. The number of Topliss-reactive ketones (excluding diaryl/α,β-unsaturated/α-hetero) is 1. The summed E-state index contributed by atoms with van der Waals surface area (Å²) in [6, 6.07) is 2.17. The van der Waals surface area contributed by atoms with Crippen LogP contribution in [0.25, 0.3) is 0 Å². The molecule has 84 valence electrons.